The SMILES string of the molecule is C[C@H](N)C(F)c1sc2c(NCc3nccs3)cc(Cl)nc2c1Br.Cl.Cl. The molecule has 138 valence electrons. The highest BCUT2D eigenvalue weighted by atomic mass is 79.9. The molecule has 3 heterocycles. The third-order valence-corrected chi connectivity index (χ3v) is 6.51. The minimum absolute atomic E-state index is 0. The van der Waals surface area contributed by atoms with Crippen LogP contribution in [-0.4, -0.2) is 16.0 Å². The van der Waals surface area contributed by atoms with Crippen LogP contribution in [0.1, 0.15) is 23.0 Å². The molecule has 3 aromatic heterocycles. The van der Waals surface area contributed by atoms with E-state index >= 15 is 0 Å². The first-order valence-electron chi connectivity index (χ1n) is 6.77. The zero-order valence-corrected chi connectivity index (χ0v) is 18.4. The molecule has 0 aliphatic carbocycles. The van der Waals surface area contributed by atoms with Crippen LogP contribution in [-0.2, 0) is 6.54 Å². The molecule has 0 aliphatic heterocycles. The van der Waals surface area contributed by atoms with Crippen LogP contribution >= 0.6 is 75.0 Å². The van der Waals surface area contributed by atoms with E-state index in [4.69, 9.17) is 17.3 Å². The first kappa shape index (κ1) is 22.8. The number of thiophene rings is 1. The van der Waals surface area contributed by atoms with Gasteiger partial charge in [0.05, 0.1) is 31.8 Å². The Kier molecular flexibility index (Phi) is 8.80. The van der Waals surface area contributed by atoms with Gasteiger partial charge in [0.1, 0.15) is 10.2 Å². The Labute approximate surface area is 178 Å². The van der Waals surface area contributed by atoms with Crippen LogP contribution in [0.5, 0.6) is 0 Å². The molecule has 4 nitrogen and oxygen atoms in total. The zero-order valence-electron chi connectivity index (χ0n) is 12.8. The molecule has 3 N–H and O–H groups in total. The van der Waals surface area contributed by atoms with Crippen LogP contribution in [0.25, 0.3) is 10.2 Å². The molecule has 0 spiro atoms. The third-order valence-electron chi connectivity index (χ3n) is 3.20. The molecular weight excluding hydrogens is 494 g/mol. The Morgan fingerprint density at radius 3 is 2.76 bits per heavy atom. The molecule has 0 aromatic carbocycles. The molecule has 2 atom stereocenters. The zero-order chi connectivity index (χ0) is 16.6. The molecule has 3 aromatic rings. The van der Waals surface area contributed by atoms with Crippen molar-refractivity contribution < 1.29 is 4.39 Å². The summed E-state index contributed by atoms with van der Waals surface area (Å²) < 4.78 is 15.8. The van der Waals surface area contributed by atoms with Gasteiger partial charge in [0.2, 0.25) is 0 Å². The van der Waals surface area contributed by atoms with E-state index in [-0.39, 0.29) is 24.8 Å². The molecule has 25 heavy (non-hydrogen) atoms. The number of anilines is 1. The maximum atomic E-state index is 14.4. The number of hydrogen-bond acceptors (Lipinski definition) is 6. The number of alkyl halides is 1. The summed E-state index contributed by atoms with van der Waals surface area (Å²) in [7, 11) is 0. The average Bonchev–Trinajstić information content (AvgIpc) is 3.13. The fourth-order valence-electron chi connectivity index (χ4n) is 2.08. The van der Waals surface area contributed by atoms with Gasteiger partial charge in [0, 0.05) is 23.7 Å². The summed E-state index contributed by atoms with van der Waals surface area (Å²) in [5, 5.41) is 6.52. The van der Waals surface area contributed by atoms with Crippen LogP contribution in [0.15, 0.2) is 22.1 Å². The predicted octanol–water partition coefficient (Wildman–Crippen LogP) is 5.98. The normalized spacial score (nSPS) is 13.0. The number of fused-ring (bicyclic) bond motifs is 1. The highest BCUT2D eigenvalue weighted by Crippen LogP contribution is 2.44. The highest BCUT2D eigenvalue weighted by Gasteiger charge is 2.24. The van der Waals surface area contributed by atoms with Crippen molar-refractivity contribution in [3.05, 3.63) is 37.2 Å². The lowest BCUT2D eigenvalue weighted by molar-refractivity contribution is 0.304. The van der Waals surface area contributed by atoms with E-state index in [2.05, 4.69) is 31.2 Å². The quantitative estimate of drug-likeness (QED) is 0.416. The summed E-state index contributed by atoms with van der Waals surface area (Å²) in [6, 6.07) is 1.14. The molecule has 0 radical (unpaired) electrons. The monoisotopic (exact) mass is 506 g/mol. The number of rotatable bonds is 5. The topological polar surface area (TPSA) is 63.8 Å². The number of aromatic nitrogens is 2. The molecule has 0 saturated heterocycles. The second-order valence-corrected chi connectivity index (χ2v) is 8.20. The van der Waals surface area contributed by atoms with Crippen LogP contribution in [0.4, 0.5) is 10.1 Å². The van der Waals surface area contributed by atoms with E-state index in [0.29, 0.717) is 26.6 Å². The molecule has 11 heteroatoms. The summed E-state index contributed by atoms with van der Waals surface area (Å²) in [6.45, 7) is 2.22. The number of nitrogens with one attached hydrogen (secondary N) is 1. The van der Waals surface area contributed by atoms with Crippen LogP contribution < -0.4 is 11.1 Å². The van der Waals surface area contributed by atoms with Gasteiger partial charge in [-0.3, -0.25) is 0 Å². The van der Waals surface area contributed by atoms with Crippen molar-refractivity contribution in [2.45, 2.75) is 25.7 Å². The van der Waals surface area contributed by atoms with Gasteiger partial charge in [-0.15, -0.1) is 47.5 Å². The molecule has 0 aliphatic rings. The van der Waals surface area contributed by atoms with Crippen LogP contribution in [0.3, 0.4) is 0 Å². The van der Waals surface area contributed by atoms with Crippen molar-refractivity contribution in [1.29, 1.82) is 0 Å². The minimum Gasteiger partial charge on any atom is -0.377 e. The number of thiazole rings is 1. The summed E-state index contributed by atoms with van der Waals surface area (Å²) in [5.41, 5.74) is 7.14. The van der Waals surface area contributed by atoms with Crippen molar-refractivity contribution in [1.82, 2.24) is 9.97 Å². The maximum absolute atomic E-state index is 14.4. The predicted molar refractivity (Wildman–Crippen MR) is 114 cm³/mol. The molecule has 0 saturated carbocycles. The van der Waals surface area contributed by atoms with Crippen LogP contribution in [0.2, 0.25) is 5.15 Å². The summed E-state index contributed by atoms with van der Waals surface area (Å²) in [5.74, 6) is 0. The van der Waals surface area contributed by atoms with Crippen LogP contribution in [0, 0.1) is 0 Å². The van der Waals surface area contributed by atoms with E-state index in [1.165, 1.54) is 11.3 Å². The third kappa shape index (κ3) is 4.94. The van der Waals surface area contributed by atoms with Gasteiger partial charge in [0.15, 0.2) is 6.17 Å². The second kappa shape index (κ2) is 9.64. The minimum atomic E-state index is -1.26. The van der Waals surface area contributed by atoms with Gasteiger partial charge in [0.25, 0.3) is 0 Å². The molecule has 3 rings (SSSR count). The second-order valence-electron chi connectivity index (χ2n) is 4.99. The first-order chi connectivity index (χ1) is 11.0. The average molecular weight is 509 g/mol. The lowest BCUT2D eigenvalue weighted by Crippen LogP contribution is -2.21. The molecule has 0 amide bonds. The largest absolute Gasteiger partial charge is 0.377 e. The number of pyridine rings is 1. The lowest BCUT2D eigenvalue weighted by atomic mass is 10.2. The molecule has 0 fully saturated rings. The lowest BCUT2D eigenvalue weighted by Gasteiger charge is -2.09. The van der Waals surface area contributed by atoms with Gasteiger partial charge in [-0.05, 0) is 22.9 Å². The molecule has 1 unspecified atom stereocenters. The number of nitrogens with zero attached hydrogens (tertiary/aromatic N) is 2. The van der Waals surface area contributed by atoms with Crippen molar-refractivity contribution in [2.75, 3.05) is 5.32 Å². The standard InChI is InChI=1S/C14H13BrClFN4S2.2ClH/c1-6(18)11(17)14-10(15)12-13(23-14)7(4-8(16)21-12)20-5-9-19-2-3-22-9;;/h2-4,6,11H,5,18H2,1H3,(H,20,21);2*1H/t6-,11?;;/m0../s1. The maximum Gasteiger partial charge on any atom is 0.150 e. The Morgan fingerprint density at radius 2 is 2.16 bits per heavy atom. The fourth-order valence-corrected chi connectivity index (χ4v) is 4.93. The van der Waals surface area contributed by atoms with Crippen molar-refractivity contribution >= 4 is 90.9 Å². The van der Waals surface area contributed by atoms with E-state index in [1.54, 1.807) is 30.5 Å². The number of nitrogens with two attached hydrogens (primary N) is 1. The molecular formula is C14H15BrCl3FN4S2. The van der Waals surface area contributed by atoms with Crippen molar-refractivity contribution in [2.24, 2.45) is 5.73 Å². The number of halogens is 5. The summed E-state index contributed by atoms with van der Waals surface area (Å²) in [6.07, 6.45) is 0.502. The van der Waals surface area contributed by atoms with Crippen molar-refractivity contribution in [3.63, 3.8) is 0 Å². The van der Waals surface area contributed by atoms with E-state index in [9.17, 15) is 4.39 Å². The fraction of sp³-hybridized carbons (Fsp3) is 0.286. The summed E-state index contributed by atoms with van der Waals surface area (Å²) in [4.78, 5) is 9.07. The van der Waals surface area contributed by atoms with Gasteiger partial charge >= 0.3 is 0 Å². The summed E-state index contributed by atoms with van der Waals surface area (Å²) >= 11 is 12.4. The highest BCUT2D eigenvalue weighted by molar-refractivity contribution is 9.10. The Bertz CT molecular complexity index is 829. The Balaban J connectivity index is 0.00000156. The van der Waals surface area contributed by atoms with Gasteiger partial charge < -0.3 is 11.1 Å². The van der Waals surface area contributed by atoms with E-state index < -0.39 is 12.2 Å². The Morgan fingerprint density at radius 1 is 1.44 bits per heavy atom. The van der Waals surface area contributed by atoms with Gasteiger partial charge in [-0.1, -0.05) is 11.6 Å². The first-order valence-corrected chi connectivity index (χ1v) is 9.64. The smallest absolute Gasteiger partial charge is 0.150 e. The Hall–Kier alpha value is -0.220. The van der Waals surface area contributed by atoms with E-state index in [0.717, 1.165) is 15.4 Å². The van der Waals surface area contributed by atoms with Gasteiger partial charge in [-0.2, -0.15) is 0 Å². The van der Waals surface area contributed by atoms with Gasteiger partial charge in [-0.25, -0.2) is 14.4 Å². The molecule has 0 bridgehead atoms. The van der Waals surface area contributed by atoms with E-state index in [1.807, 2.05) is 5.38 Å². The van der Waals surface area contributed by atoms with Crippen molar-refractivity contribution in [3.8, 4) is 0 Å². The number of hydrogen-bond donors (Lipinski definition) is 2.